The van der Waals surface area contributed by atoms with E-state index in [1.807, 2.05) is 48.2 Å². The van der Waals surface area contributed by atoms with Gasteiger partial charge in [-0.15, -0.1) is 0 Å². The van der Waals surface area contributed by atoms with Gasteiger partial charge in [-0.05, 0) is 18.4 Å². The van der Waals surface area contributed by atoms with Crippen molar-refractivity contribution < 1.29 is 0 Å². The summed E-state index contributed by atoms with van der Waals surface area (Å²) in [5.41, 5.74) is 0. The molecule has 0 bridgehead atoms. The van der Waals surface area contributed by atoms with Crippen LogP contribution in [0.5, 0.6) is 0 Å². The van der Waals surface area contributed by atoms with Crippen molar-refractivity contribution in [1.29, 1.82) is 0 Å². The molecule has 0 fully saturated rings. The smallest absolute Gasteiger partial charge is 0.00729 e. The lowest BCUT2D eigenvalue weighted by molar-refractivity contribution is 1.11. The van der Waals surface area contributed by atoms with Gasteiger partial charge in [-0.1, -0.05) is 43.3 Å². The first-order chi connectivity index (χ1) is 5.41. The van der Waals surface area contributed by atoms with Crippen molar-refractivity contribution in [2.75, 3.05) is 12.0 Å². The summed E-state index contributed by atoms with van der Waals surface area (Å²) in [5.74, 6) is 1.31. The molecule has 0 aromatic heterocycles. The van der Waals surface area contributed by atoms with Crippen LogP contribution in [0.2, 0.25) is 0 Å². The molecule has 1 rings (SSSR count). The summed E-state index contributed by atoms with van der Waals surface area (Å²) >= 11 is 1.90. The van der Waals surface area contributed by atoms with Crippen LogP contribution in [0.25, 0.3) is 0 Å². The van der Waals surface area contributed by atoms with Gasteiger partial charge in [0.05, 0.1) is 0 Å². The number of rotatable bonds is 2. The fourth-order valence-electron chi connectivity index (χ4n) is 0.589. The van der Waals surface area contributed by atoms with Crippen molar-refractivity contribution in [3.05, 3.63) is 36.4 Å². The van der Waals surface area contributed by atoms with Crippen LogP contribution < -0.4 is 0 Å². The lowest BCUT2D eigenvalue weighted by Gasteiger charge is -1.80. The van der Waals surface area contributed by atoms with E-state index in [0.29, 0.717) is 0 Å². The highest BCUT2D eigenvalue weighted by atomic mass is 32.2. The molecule has 1 aromatic rings. The molecule has 0 amide bonds. The monoisotopic (exact) mass is 168 g/mol. The van der Waals surface area contributed by atoms with Crippen molar-refractivity contribution in [2.24, 2.45) is 0 Å². The first-order valence-electron chi connectivity index (χ1n) is 3.90. The third-order valence-corrected chi connectivity index (χ3v) is 1.89. The summed E-state index contributed by atoms with van der Waals surface area (Å²) in [6, 6.07) is 12.0. The van der Waals surface area contributed by atoms with Crippen LogP contribution in [0.15, 0.2) is 36.4 Å². The Morgan fingerprint density at radius 3 is 1.36 bits per heavy atom. The minimum atomic E-state index is 1.31. The molecule has 1 heteroatoms. The minimum Gasteiger partial charge on any atom is -0.165 e. The Bertz CT molecular complexity index is 108. The Morgan fingerprint density at radius 1 is 0.909 bits per heavy atom. The highest BCUT2D eigenvalue weighted by molar-refractivity contribution is 7.98. The number of thioether (sulfide) groups is 1. The van der Waals surface area contributed by atoms with E-state index < -0.39 is 0 Å². The number of hydrogen-bond acceptors (Lipinski definition) is 1. The molecule has 0 nitrogen and oxygen atoms in total. The van der Waals surface area contributed by atoms with Crippen LogP contribution in [-0.2, 0) is 0 Å². The molecule has 11 heavy (non-hydrogen) atoms. The van der Waals surface area contributed by atoms with Crippen LogP contribution in [-0.4, -0.2) is 12.0 Å². The largest absolute Gasteiger partial charge is 0.165 e. The van der Waals surface area contributed by atoms with Crippen molar-refractivity contribution >= 4 is 11.8 Å². The Balaban J connectivity index is 0.000000187. The van der Waals surface area contributed by atoms with E-state index >= 15 is 0 Å². The highest BCUT2D eigenvalue weighted by Gasteiger charge is 1.67. The zero-order valence-electron chi connectivity index (χ0n) is 7.29. The summed E-state index contributed by atoms with van der Waals surface area (Å²) in [5, 5.41) is 0. The van der Waals surface area contributed by atoms with Crippen LogP contribution in [0.4, 0.5) is 0 Å². The normalized spacial score (nSPS) is 8.18. The van der Waals surface area contributed by atoms with Crippen molar-refractivity contribution in [1.82, 2.24) is 0 Å². The zero-order valence-corrected chi connectivity index (χ0v) is 8.10. The Morgan fingerprint density at radius 2 is 1.27 bits per heavy atom. The van der Waals surface area contributed by atoms with Crippen molar-refractivity contribution in [3.63, 3.8) is 0 Å². The second-order valence-corrected chi connectivity index (χ2v) is 3.13. The van der Waals surface area contributed by atoms with Crippen LogP contribution in [0.3, 0.4) is 0 Å². The summed E-state index contributed by atoms with van der Waals surface area (Å²) in [7, 11) is 0. The van der Waals surface area contributed by atoms with Gasteiger partial charge in [0, 0.05) is 0 Å². The lowest BCUT2D eigenvalue weighted by Crippen LogP contribution is -1.64. The molecule has 0 unspecified atom stereocenters. The first kappa shape index (κ1) is 10.6. The van der Waals surface area contributed by atoms with Crippen molar-refractivity contribution in [2.45, 2.75) is 13.3 Å². The van der Waals surface area contributed by atoms with Gasteiger partial charge < -0.3 is 0 Å². The third kappa shape index (κ3) is 9.57. The molecule has 0 saturated carbocycles. The molecule has 0 atom stereocenters. The van der Waals surface area contributed by atoms with E-state index in [9.17, 15) is 0 Å². The maximum Gasteiger partial charge on any atom is -0.00729 e. The van der Waals surface area contributed by atoms with E-state index in [1.165, 1.54) is 12.2 Å². The Hall–Kier alpha value is -0.430. The molecular weight excluding hydrogens is 152 g/mol. The van der Waals surface area contributed by atoms with Crippen molar-refractivity contribution in [3.8, 4) is 0 Å². The molecule has 0 N–H and O–H groups in total. The fourth-order valence-corrected chi connectivity index (χ4v) is 0.997. The SMILES string of the molecule is CCCSC.c1ccccc1. The molecule has 62 valence electrons. The van der Waals surface area contributed by atoms with E-state index in [-0.39, 0.29) is 0 Å². The molecule has 0 spiro atoms. The van der Waals surface area contributed by atoms with Gasteiger partial charge in [0.1, 0.15) is 0 Å². The Kier molecular flexibility index (Phi) is 9.20. The topological polar surface area (TPSA) is 0 Å². The average molecular weight is 168 g/mol. The molecule has 0 radical (unpaired) electrons. The number of hydrogen-bond donors (Lipinski definition) is 0. The van der Waals surface area contributed by atoms with E-state index in [2.05, 4.69) is 13.2 Å². The van der Waals surface area contributed by atoms with Gasteiger partial charge in [0.25, 0.3) is 0 Å². The predicted molar refractivity (Wildman–Crippen MR) is 55.1 cm³/mol. The standard InChI is InChI=1S/C6H6.C4H10S/c1-2-4-6-5-3-1;1-3-4-5-2/h1-6H;3-4H2,1-2H3. The summed E-state index contributed by atoms with van der Waals surface area (Å²) in [6.07, 6.45) is 3.44. The van der Waals surface area contributed by atoms with Gasteiger partial charge in [0.2, 0.25) is 0 Å². The Labute approximate surface area is 74.0 Å². The predicted octanol–water partition coefficient (Wildman–Crippen LogP) is 3.45. The molecule has 0 aliphatic heterocycles. The van der Waals surface area contributed by atoms with E-state index in [0.717, 1.165) is 0 Å². The summed E-state index contributed by atoms with van der Waals surface area (Å²) in [6.45, 7) is 2.19. The lowest BCUT2D eigenvalue weighted by atomic mass is 10.4. The van der Waals surface area contributed by atoms with Crippen LogP contribution in [0.1, 0.15) is 13.3 Å². The van der Waals surface area contributed by atoms with E-state index in [4.69, 9.17) is 0 Å². The first-order valence-corrected chi connectivity index (χ1v) is 5.30. The van der Waals surface area contributed by atoms with Gasteiger partial charge in [-0.3, -0.25) is 0 Å². The molecule has 0 saturated heterocycles. The second kappa shape index (κ2) is 9.57. The fraction of sp³-hybridized carbons (Fsp3) is 0.400. The summed E-state index contributed by atoms with van der Waals surface area (Å²) in [4.78, 5) is 0. The van der Waals surface area contributed by atoms with Crippen LogP contribution >= 0.6 is 11.8 Å². The quantitative estimate of drug-likeness (QED) is 0.652. The van der Waals surface area contributed by atoms with Gasteiger partial charge >= 0.3 is 0 Å². The van der Waals surface area contributed by atoms with Gasteiger partial charge in [0.15, 0.2) is 0 Å². The highest BCUT2D eigenvalue weighted by Crippen LogP contribution is 1.91. The molecule has 0 heterocycles. The molecule has 0 aliphatic carbocycles. The average Bonchev–Trinajstić information content (AvgIpc) is 2.10. The number of benzene rings is 1. The molecular formula is C10H16S. The van der Waals surface area contributed by atoms with Gasteiger partial charge in [-0.2, -0.15) is 11.8 Å². The third-order valence-electron chi connectivity index (χ3n) is 1.07. The molecule has 0 aliphatic rings. The van der Waals surface area contributed by atoms with E-state index in [1.54, 1.807) is 0 Å². The summed E-state index contributed by atoms with van der Waals surface area (Å²) < 4.78 is 0. The zero-order chi connectivity index (χ0) is 8.36. The van der Waals surface area contributed by atoms with Crippen LogP contribution in [0, 0.1) is 0 Å². The molecule has 1 aromatic carbocycles. The second-order valence-electron chi connectivity index (χ2n) is 2.15. The minimum absolute atomic E-state index is 1.31. The maximum atomic E-state index is 2.19. The maximum absolute atomic E-state index is 2.19. The van der Waals surface area contributed by atoms with Gasteiger partial charge in [-0.25, -0.2) is 0 Å².